The largest absolute Gasteiger partial charge is 0.396 e. The topological polar surface area (TPSA) is 29.5 Å². The van der Waals surface area contributed by atoms with Crippen LogP contribution in [0.4, 0.5) is 0 Å². The molecule has 18 heavy (non-hydrogen) atoms. The average molecular weight is 258 g/mol. The third kappa shape index (κ3) is 8.10. The van der Waals surface area contributed by atoms with Crippen molar-refractivity contribution in [2.75, 3.05) is 13.2 Å². The molecule has 0 amide bonds. The molecule has 0 saturated carbocycles. The quantitative estimate of drug-likeness (QED) is 0.771. The summed E-state index contributed by atoms with van der Waals surface area (Å²) < 4.78 is 6.04. The van der Waals surface area contributed by atoms with Crippen LogP contribution in [0.25, 0.3) is 0 Å². The number of aliphatic hydroxyl groups excluding tert-OH is 1. The molecule has 2 heteroatoms. The van der Waals surface area contributed by atoms with Gasteiger partial charge in [-0.15, -0.1) is 0 Å². The highest BCUT2D eigenvalue weighted by Crippen LogP contribution is 2.36. The van der Waals surface area contributed by atoms with Crippen molar-refractivity contribution >= 4 is 0 Å². The van der Waals surface area contributed by atoms with Crippen LogP contribution in [-0.4, -0.2) is 23.9 Å². The minimum absolute atomic E-state index is 0.187. The second kappa shape index (κ2) is 6.38. The SMILES string of the molecule is CC(C)(C)CC(COC(C)(C)CCO)C(C)(C)C. The van der Waals surface area contributed by atoms with Gasteiger partial charge in [-0.05, 0) is 43.4 Å². The molecule has 2 nitrogen and oxygen atoms in total. The minimum Gasteiger partial charge on any atom is -0.396 e. The third-order valence-corrected chi connectivity index (χ3v) is 3.47. The van der Waals surface area contributed by atoms with Gasteiger partial charge in [0.15, 0.2) is 0 Å². The number of rotatable bonds is 6. The Morgan fingerprint density at radius 1 is 0.944 bits per heavy atom. The van der Waals surface area contributed by atoms with Crippen LogP contribution in [0.3, 0.4) is 0 Å². The molecule has 0 aliphatic heterocycles. The Labute approximate surface area is 114 Å². The first-order valence-corrected chi connectivity index (χ1v) is 7.12. The molecule has 1 atom stereocenters. The molecule has 1 unspecified atom stereocenters. The predicted molar refractivity (Wildman–Crippen MR) is 78.8 cm³/mol. The molecule has 0 aromatic carbocycles. The minimum atomic E-state index is -0.226. The lowest BCUT2D eigenvalue weighted by molar-refractivity contribution is -0.0704. The van der Waals surface area contributed by atoms with E-state index in [9.17, 15) is 0 Å². The summed E-state index contributed by atoms with van der Waals surface area (Å²) in [6.07, 6.45) is 1.85. The molecule has 0 aromatic rings. The zero-order valence-corrected chi connectivity index (χ0v) is 13.8. The highest BCUT2D eigenvalue weighted by Gasteiger charge is 2.31. The summed E-state index contributed by atoms with van der Waals surface area (Å²) in [5, 5.41) is 9.03. The van der Waals surface area contributed by atoms with E-state index < -0.39 is 0 Å². The second-order valence-electron chi connectivity index (χ2n) is 8.37. The zero-order valence-electron chi connectivity index (χ0n) is 13.8. The highest BCUT2D eigenvalue weighted by atomic mass is 16.5. The van der Waals surface area contributed by atoms with Gasteiger partial charge in [0.1, 0.15) is 0 Å². The van der Waals surface area contributed by atoms with E-state index in [1.807, 2.05) is 0 Å². The molecule has 0 radical (unpaired) electrons. The molecule has 0 heterocycles. The summed E-state index contributed by atoms with van der Waals surface area (Å²) >= 11 is 0. The fourth-order valence-corrected chi connectivity index (χ4v) is 2.02. The van der Waals surface area contributed by atoms with E-state index in [2.05, 4.69) is 55.4 Å². The van der Waals surface area contributed by atoms with Gasteiger partial charge in [0.2, 0.25) is 0 Å². The van der Waals surface area contributed by atoms with Crippen molar-refractivity contribution in [2.45, 2.75) is 73.8 Å². The van der Waals surface area contributed by atoms with Crippen molar-refractivity contribution in [2.24, 2.45) is 16.7 Å². The van der Waals surface area contributed by atoms with Gasteiger partial charge < -0.3 is 9.84 Å². The summed E-state index contributed by atoms with van der Waals surface area (Å²) in [7, 11) is 0. The van der Waals surface area contributed by atoms with Crippen LogP contribution in [0, 0.1) is 16.7 Å². The Hall–Kier alpha value is -0.0800. The van der Waals surface area contributed by atoms with Gasteiger partial charge in [-0.3, -0.25) is 0 Å². The maximum absolute atomic E-state index is 9.03. The smallest absolute Gasteiger partial charge is 0.0648 e. The normalized spacial score (nSPS) is 15.8. The first-order valence-electron chi connectivity index (χ1n) is 7.12. The second-order valence-corrected chi connectivity index (χ2v) is 8.37. The van der Waals surface area contributed by atoms with Crippen molar-refractivity contribution in [3.8, 4) is 0 Å². The predicted octanol–water partition coefficient (Wildman–Crippen LogP) is 4.26. The Morgan fingerprint density at radius 2 is 1.44 bits per heavy atom. The monoisotopic (exact) mass is 258 g/mol. The zero-order chi connectivity index (χ0) is 14.6. The first kappa shape index (κ1) is 17.9. The molecular formula is C16H34O2. The molecule has 0 aromatic heterocycles. The summed E-state index contributed by atoms with van der Waals surface area (Å²) in [6, 6.07) is 0. The number of aliphatic hydroxyl groups is 1. The van der Waals surface area contributed by atoms with E-state index in [1.54, 1.807) is 0 Å². The van der Waals surface area contributed by atoms with Crippen LogP contribution in [0.15, 0.2) is 0 Å². The van der Waals surface area contributed by atoms with Crippen LogP contribution in [-0.2, 0) is 4.74 Å². The van der Waals surface area contributed by atoms with Crippen molar-refractivity contribution in [3.05, 3.63) is 0 Å². The lowest BCUT2D eigenvalue weighted by atomic mass is 9.72. The average Bonchev–Trinajstić information content (AvgIpc) is 2.08. The van der Waals surface area contributed by atoms with Gasteiger partial charge in [-0.25, -0.2) is 0 Å². The molecule has 0 aliphatic carbocycles. The molecule has 0 saturated heterocycles. The Kier molecular flexibility index (Phi) is 6.35. The Morgan fingerprint density at radius 3 is 1.78 bits per heavy atom. The van der Waals surface area contributed by atoms with Gasteiger partial charge in [0, 0.05) is 6.61 Å². The standard InChI is InChI=1S/C16H34O2/c1-14(2,3)11-13(15(4,5)6)12-18-16(7,8)9-10-17/h13,17H,9-12H2,1-8H3. The fraction of sp³-hybridized carbons (Fsp3) is 1.00. The van der Waals surface area contributed by atoms with Crippen LogP contribution < -0.4 is 0 Å². The molecule has 0 spiro atoms. The van der Waals surface area contributed by atoms with Gasteiger partial charge in [-0.1, -0.05) is 41.5 Å². The fourth-order valence-electron chi connectivity index (χ4n) is 2.02. The van der Waals surface area contributed by atoms with E-state index in [4.69, 9.17) is 9.84 Å². The molecule has 0 aliphatic rings. The molecule has 0 fully saturated rings. The molecule has 1 N–H and O–H groups in total. The lowest BCUT2D eigenvalue weighted by Gasteiger charge is -2.37. The Bertz CT molecular complexity index is 230. The van der Waals surface area contributed by atoms with Gasteiger partial charge >= 0.3 is 0 Å². The first-order chi connectivity index (χ1) is 7.87. The Balaban J connectivity index is 4.53. The molecule has 0 rings (SSSR count). The summed E-state index contributed by atoms with van der Waals surface area (Å²) in [5.41, 5.74) is 0.348. The summed E-state index contributed by atoms with van der Waals surface area (Å²) in [4.78, 5) is 0. The molecular weight excluding hydrogens is 224 g/mol. The van der Waals surface area contributed by atoms with Crippen molar-refractivity contribution in [1.29, 1.82) is 0 Å². The van der Waals surface area contributed by atoms with E-state index in [1.165, 1.54) is 0 Å². The van der Waals surface area contributed by atoms with Gasteiger partial charge in [0.05, 0.1) is 12.2 Å². The summed E-state index contributed by atoms with van der Waals surface area (Å²) in [6.45, 7) is 18.8. The van der Waals surface area contributed by atoms with E-state index in [0.29, 0.717) is 17.8 Å². The molecule has 0 bridgehead atoms. The maximum Gasteiger partial charge on any atom is 0.0648 e. The molecule has 110 valence electrons. The van der Waals surface area contributed by atoms with Crippen LogP contribution >= 0.6 is 0 Å². The van der Waals surface area contributed by atoms with Crippen molar-refractivity contribution in [1.82, 2.24) is 0 Å². The number of hydrogen-bond donors (Lipinski definition) is 1. The lowest BCUT2D eigenvalue weighted by Crippen LogP contribution is -2.34. The number of ether oxygens (including phenoxy) is 1. The van der Waals surface area contributed by atoms with Crippen LogP contribution in [0.2, 0.25) is 0 Å². The third-order valence-electron chi connectivity index (χ3n) is 3.47. The summed E-state index contributed by atoms with van der Waals surface area (Å²) in [5.74, 6) is 0.537. The van der Waals surface area contributed by atoms with E-state index in [-0.39, 0.29) is 17.6 Å². The van der Waals surface area contributed by atoms with Gasteiger partial charge in [-0.2, -0.15) is 0 Å². The highest BCUT2D eigenvalue weighted by molar-refractivity contribution is 4.80. The van der Waals surface area contributed by atoms with E-state index in [0.717, 1.165) is 13.0 Å². The van der Waals surface area contributed by atoms with Crippen LogP contribution in [0.1, 0.15) is 68.2 Å². The maximum atomic E-state index is 9.03. The number of hydrogen-bond acceptors (Lipinski definition) is 2. The van der Waals surface area contributed by atoms with Gasteiger partial charge in [0.25, 0.3) is 0 Å². The van der Waals surface area contributed by atoms with Crippen LogP contribution in [0.5, 0.6) is 0 Å². The van der Waals surface area contributed by atoms with Crippen molar-refractivity contribution < 1.29 is 9.84 Å². The van der Waals surface area contributed by atoms with Crippen molar-refractivity contribution in [3.63, 3.8) is 0 Å². The van der Waals surface area contributed by atoms with E-state index >= 15 is 0 Å².